The molecule has 0 atom stereocenters. The van der Waals surface area contributed by atoms with Gasteiger partial charge >= 0.3 is 5.69 Å². The fourth-order valence-corrected chi connectivity index (χ4v) is 1.13. The highest BCUT2D eigenvalue weighted by atomic mass is 16.2. The van der Waals surface area contributed by atoms with Crippen molar-refractivity contribution in [1.82, 2.24) is 15.2 Å². The van der Waals surface area contributed by atoms with E-state index >= 15 is 0 Å². The number of nitrogens with zero attached hydrogens (tertiary/aromatic N) is 2. The first kappa shape index (κ1) is 10.5. The van der Waals surface area contributed by atoms with E-state index in [2.05, 4.69) is 15.2 Å². The van der Waals surface area contributed by atoms with Gasteiger partial charge in [-0.1, -0.05) is 0 Å². The van der Waals surface area contributed by atoms with Crippen LogP contribution in [0.2, 0.25) is 0 Å². The molecule has 1 heterocycles. The van der Waals surface area contributed by atoms with Crippen molar-refractivity contribution in [3.05, 3.63) is 20.8 Å². The molecule has 0 aliphatic carbocycles. The molecule has 0 aliphatic rings. The second kappa shape index (κ2) is 4.56. The van der Waals surface area contributed by atoms with Crippen LogP contribution in [0.5, 0.6) is 0 Å². The molecule has 0 saturated carbocycles. The van der Waals surface area contributed by atoms with Crippen molar-refractivity contribution in [2.24, 2.45) is 5.73 Å². The van der Waals surface area contributed by atoms with Crippen LogP contribution in [-0.4, -0.2) is 34.8 Å². The molecular weight excluding hydrogens is 186 g/mol. The van der Waals surface area contributed by atoms with E-state index in [9.17, 15) is 9.59 Å². The second-order valence-electron chi connectivity index (χ2n) is 2.70. The van der Waals surface area contributed by atoms with E-state index < -0.39 is 11.2 Å². The van der Waals surface area contributed by atoms with Crippen molar-refractivity contribution in [2.45, 2.75) is 6.92 Å². The number of nitrogens with two attached hydrogens (primary N) is 1. The Morgan fingerprint density at radius 1 is 1.50 bits per heavy atom. The number of rotatable bonds is 4. The van der Waals surface area contributed by atoms with Gasteiger partial charge < -0.3 is 10.6 Å². The third-order valence-corrected chi connectivity index (χ3v) is 1.77. The van der Waals surface area contributed by atoms with Crippen LogP contribution in [0, 0.1) is 0 Å². The first-order valence-electron chi connectivity index (χ1n) is 4.33. The van der Waals surface area contributed by atoms with Gasteiger partial charge in [0.15, 0.2) is 0 Å². The maximum absolute atomic E-state index is 11.3. The Labute approximate surface area is 79.9 Å². The van der Waals surface area contributed by atoms with Crippen LogP contribution in [0.1, 0.15) is 6.92 Å². The number of nitrogens with one attached hydrogen (secondary N) is 2. The molecule has 1 rings (SSSR count). The second-order valence-corrected chi connectivity index (χ2v) is 2.70. The van der Waals surface area contributed by atoms with Gasteiger partial charge in [-0.25, -0.2) is 9.89 Å². The fourth-order valence-electron chi connectivity index (χ4n) is 1.13. The highest BCUT2D eigenvalue weighted by Crippen LogP contribution is 1.97. The summed E-state index contributed by atoms with van der Waals surface area (Å²) in [6, 6.07) is 0. The summed E-state index contributed by atoms with van der Waals surface area (Å²) in [6.07, 6.45) is 0. The summed E-state index contributed by atoms with van der Waals surface area (Å²) in [5, 5.41) is 5.83. The number of aromatic amines is 2. The largest absolute Gasteiger partial charge is 0.350 e. The summed E-state index contributed by atoms with van der Waals surface area (Å²) >= 11 is 0. The zero-order chi connectivity index (χ0) is 10.6. The lowest BCUT2D eigenvalue weighted by molar-refractivity contribution is 0.761. The molecule has 7 nitrogen and oxygen atoms in total. The molecule has 0 spiro atoms. The van der Waals surface area contributed by atoms with Gasteiger partial charge in [0.1, 0.15) is 0 Å². The molecule has 1 aromatic rings. The minimum atomic E-state index is -0.609. The van der Waals surface area contributed by atoms with Crippen LogP contribution in [0.4, 0.5) is 5.82 Å². The third-order valence-electron chi connectivity index (χ3n) is 1.77. The van der Waals surface area contributed by atoms with E-state index in [0.717, 1.165) is 0 Å². The van der Waals surface area contributed by atoms with Gasteiger partial charge in [-0.05, 0) is 6.92 Å². The lowest BCUT2D eigenvalue weighted by atomic mass is 10.4. The van der Waals surface area contributed by atoms with Gasteiger partial charge in [0.25, 0.3) is 5.56 Å². The Morgan fingerprint density at radius 3 is 2.71 bits per heavy atom. The van der Waals surface area contributed by atoms with E-state index in [1.165, 1.54) is 0 Å². The van der Waals surface area contributed by atoms with Crippen LogP contribution in [0.15, 0.2) is 9.59 Å². The number of aromatic nitrogens is 3. The first-order chi connectivity index (χ1) is 6.69. The molecule has 0 saturated heterocycles. The summed E-state index contributed by atoms with van der Waals surface area (Å²) < 4.78 is 0. The molecule has 0 fully saturated rings. The Hall–Kier alpha value is -1.63. The fraction of sp³-hybridized carbons (Fsp3) is 0.571. The van der Waals surface area contributed by atoms with Gasteiger partial charge in [0.05, 0.1) is 0 Å². The monoisotopic (exact) mass is 199 g/mol. The smallest absolute Gasteiger partial charge is 0.342 e. The lowest BCUT2D eigenvalue weighted by Crippen LogP contribution is -2.37. The average Bonchev–Trinajstić information content (AvgIpc) is 2.15. The van der Waals surface area contributed by atoms with Crippen LogP contribution < -0.4 is 21.9 Å². The molecule has 7 heteroatoms. The highest BCUT2D eigenvalue weighted by molar-refractivity contribution is 5.33. The van der Waals surface area contributed by atoms with Crippen molar-refractivity contribution >= 4 is 5.82 Å². The van der Waals surface area contributed by atoms with Crippen molar-refractivity contribution in [1.29, 1.82) is 0 Å². The van der Waals surface area contributed by atoms with Gasteiger partial charge in [-0.2, -0.15) is 0 Å². The van der Waals surface area contributed by atoms with Gasteiger partial charge in [-0.15, -0.1) is 5.10 Å². The molecule has 1 aromatic heterocycles. The molecule has 0 aliphatic heterocycles. The summed E-state index contributed by atoms with van der Waals surface area (Å²) in [5.74, 6) is 0.192. The van der Waals surface area contributed by atoms with Crippen LogP contribution in [-0.2, 0) is 0 Å². The van der Waals surface area contributed by atoms with Crippen molar-refractivity contribution < 1.29 is 0 Å². The molecule has 14 heavy (non-hydrogen) atoms. The number of likely N-dealkylation sites (N-methyl/N-ethyl adjacent to an activating group) is 1. The van der Waals surface area contributed by atoms with Gasteiger partial charge in [-0.3, -0.25) is 9.78 Å². The standard InChI is InChI=1S/C7H13N5O2/c1-2-12(4-3-8)5-6(13)9-7(14)11-10-5/h2-4,8H2,1H3,(H2,9,11,13,14). The topological polar surface area (TPSA) is 108 Å². The lowest BCUT2D eigenvalue weighted by Gasteiger charge is -2.18. The Bertz CT molecular complexity index is 396. The maximum atomic E-state index is 11.3. The van der Waals surface area contributed by atoms with Crippen LogP contribution >= 0.6 is 0 Å². The quantitative estimate of drug-likeness (QED) is 0.532. The van der Waals surface area contributed by atoms with Gasteiger partial charge in [0, 0.05) is 19.6 Å². The highest BCUT2D eigenvalue weighted by Gasteiger charge is 2.09. The molecule has 0 bridgehead atoms. The minimum Gasteiger partial charge on any atom is -0.350 e. The zero-order valence-corrected chi connectivity index (χ0v) is 7.91. The SMILES string of the molecule is CCN(CCN)c1n[nH]c(=O)[nH]c1=O. The Kier molecular flexibility index (Phi) is 3.41. The van der Waals surface area contributed by atoms with E-state index in [4.69, 9.17) is 5.73 Å². The van der Waals surface area contributed by atoms with Crippen molar-refractivity contribution in [2.75, 3.05) is 24.5 Å². The van der Waals surface area contributed by atoms with Crippen LogP contribution in [0.25, 0.3) is 0 Å². The molecule has 0 amide bonds. The van der Waals surface area contributed by atoms with Crippen molar-refractivity contribution in [3.63, 3.8) is 0 Å². The molecular formula is C7H13N5O2. The first-order valence-corrected chi connectivity index (χ1v) is 4.33. The molecule has 0 aromatic carbocycles. The summed E-state index contributed by atoms with van der Waals surface area (Å²) in [5.41, 5.74) is 4.26. The number of H-pyrrole nitrogens is 2. The third kappa shape index (κ3) is 2.19. The number of hydrogen-bond donors (Lipinski definition) is 3. The Morgan fingerprint density at radius 2 is 2.21 bits per heavy atom. The summed E-state index contributed by atoms with van der Waals surface area (Å²) in [4.78, 5) is 25.8. The van der Waals surface area contributed by atoms with E-state index in [1.807, 2.05) is 6.92 Å². The van der Waals surface area contributed by atoms with E-state index in [1.54, 1.807) is 4.90 Å². The minimum absolute atomic E-state index is 0.192. The van der Waals surface area contributed by atoms with Crippen molar-refractivity contribution in [3.8, 4) is 0 Å². The molecule has 4 N–H and O–H groups in total. The molecule has 78 valence electrons. The number of hydrogen-bond acceptors (Lipinski definition) is 5. The zero-order valence-electron chi connectivity index (χ0n) is 7.91. The normalized spacial score (nSPS) is 10.1. The molecule has 0 radical (unpaired) electrons. The molecule has 0 unspecified atom stereocenters. The van der Waals surface area contributed by atoms with E-state index in [-0.39, 0.29) is 5.82 Å². The maximum Gasteiger partial charge on any atom is 0.342 e. The summed E-state index contributed by atoms with van der Waals surface area (Å²) in [6.45, 7) is 3.44. The summed E-state index contributed by atoms with van der Waals surface area (Å²) in [7, 11) is 0. The Balaban J connectivity index is 3.04. The number of anilines is 1. The van der Waals surface area contributed by atoms with Crippen LogP contribution in [0.3, 0.4) is 0 Å². The van der Waals surface area contributed by atoms with Gasteiger partial charge in [0.2, 0.25) is 5.82 Å². The average molecular weight is 199 g/mol. The predicted molar refractivity (Wildman–Crippen MR) is 52.4 cm³/mol. The van der Waals surface area contributed by atoms with E-state index in [0.29, 0.717) is 19.6 Å². The predicted octanol–water partition coefficient (Wildman–Crippen LogP) is -1.76.